The number of rotatable bonds is 6. The van der Waals surface area contributed by atoms with E-state index in [0.29, 0.717) is 32.6 Å². The van der Waals surface area contributed by atoms with Crippen molar-refractivity contribution >= 4 is 23.4 Å². The molecule has 2 rings (SSSR count). The summed E-state index contributed by atoms with van der Waals surface area (Å²) in [5, 5.41) is 3.01. The van der Waals surface area contributed by atoms with Gasteiger partial charge in [0.1, 0.15) is 0 Å². The van der Waals surface area contributed by atoms with E-state index in [1.165, 1.54) is 5.56 Å². The highest BCUT2D eigenvalue weighted by Crippen LogP contribution is 2.30. The van der Waals surface area contributed by atoms with Crippen LogP contribution in [-0.2, 0) is 16.0 Å². The van der Waals surface area contributed by atoms with Crippen molar-refractivity contribution in [1.29, 1.82) is 0 Å². The Labute approximate surface area is 130 Å². The number of nitrogens with two attached hydrogens (primary N) is 1. The van der Waals surface area contributed by atoms with E-state index >= 15 is 0 Å². The molecule has 1 heterocycles. The van der Waals surface area contributed by atoms with Crippen LogP contribution in [0.2, 0.25) is 0 Å². The molecule has 1 aliphatic heterocycles. The Kier molecular flexibility index (Phi) is 6.08. The average Bonchev–Trinajstić information content (AvgIpc) is 2.54. The SMILES string of the molecule is CSCCc1ccc(NC(=O)C2(CN)CCOCC2)cc1. The smallest absolute Gasteiger partial charge is 0.232 e. The molecule has 4 nitrogen and oxygen atoms in total. The fourth-order valence-electron chi connectivity index (χ4n) is 2.52. The molecular weight excluding hydrogens is 284 g/mol. The molecule has 0 saturated carbocycles. The van der Waals surface area contributed by atoms with Crippen molar-refractivity contribution in [1.82, 2.24) is 0 Å². The molecule has 1 aromatic rings. The molecular formula is C16H24N2O2S. The predicted molar refractivity (Wildman–Crippen MR) is 88.7 cm³/mol. The maximum atomic E-state index is 12.5. The Balaban J connectivity index is 1.98. The number of carbonyl (C=O) groups excluding carboxylic acids is 1. The van der Waals surface area contributed by atoms with Crippen LogP contribution in [0.25, 0.3) is 0 Å². The van der Waals surface area contributed by atoms with Crippen LogP contribution in [0.5, 0.6) is 0 Å². The maximum absolute atomic E-state index is 12.5. The summed E-state index contributed by atoms with van der Waals surface area (Å²) >= 11 is 1.84. The third-order valence-electron chi connectivity index (χ3n) is 4.13. The highest BCUT2D eigenvalue weighted by molar-refractivity contribution is 7.98. The van der Waals surface area contributed by atoms with Crippen molar-refractivity contribution in [3.8, 4) is 0 Å². The highest BCUT2D eigenvalue weighted by atomic mass is 32.2. The molecule has 1 amide bonds. The van der Waals surface area contributed by atoms with Crippen molar-refractivity contribution in [3.05, 3.63) is 29.8 Å². The molecule has 3 N–H and O–H groups in total. The van der Waals surface area contributed by atoms with Crippen LogP contribution >= 0.6 is 11.8 Å². The first-order chi connectivity index (χ1) is 10.2. The topological polar surface area (TPSA) is 64.4 Å². The van der Waals surface area contributed by atoms with Crippen LogP contribution in [0.15, 0.2) is 24.3 Å². The van der Waals surface area contributed by atoms with E-state index in [1.54, 1.807) is 0 Å². The van der Waals surface area contributed by atoms with E-state index < -0.39 is 5.41 Å². The summed E-state index contributed by atoms with van der Waals surface area (Å²) < 4.78 is 5.34. The number of nitrogens with one attached hydrogen (secondary N) is 1. The van der Waals surface area contributed by atoms with Gasteiger partial charge in [-0.2, -0.15) is 11.8 Å². The second kappa shape index (κ2) is 7.82. The first-order valence-corrected chi connectivity index (χ1v) is 8.77. The van der Waals surface area contributed by atoms with Crippen LogP contribution in [-0.4, -0.2) is 37.7 Å². The van der Waals surface area contributed by atoms with Crippen molar-refractivity contribution < 1.29 is 9.53 Å². The van der Waals surface area contributed by atoms with Gasteiger partial charge in [-0.15, -0.1) is 0 Å². The molecule has 0 radical (unpaired) electrons. The second-order valence-electron chi connectivity index (χ2n) is 5.49. The number of anilines is 1. The molecule has 5 heteroatoms. The number of ether oxygens (including phenoxy) is 1. The van der Waals surface area contributed by atoms with Gasteiger partial charge < -0.3 is 15.8 Å². The van der Waals surface area contributed by atoms with Crippen molar-refractivity contribution in [2.24, 2.45) is 11.1 Å². The zero-order chi connectivity index (χ0) is 15.1. The van der Waals surface area contributed by atoms with E-state index in [9.17, 15) is 4.79 Å². The number of hydrogen-bond donors (Lipinski definition) is 2. The predicted octanol–water partition coefficient (Wildman–Crippen LogP) is 2.29. The van der Waals surface area contributed by atoms with E-state index in [1.807, 2.05) is 23.9 Å². The van der Waals surface area contributed by atoms with Crippen molar-refractivity contribution in [3.63, 3.8) is 0 Å². The summed E-state index contributed by atoms with van der Waals surface area (Å²) in [6.07, 6.45) is 4.55. The number of carbonyl (C=O) groups is 1. The van der Waals surface area contributed by atoms with Gasteiger partial charge >= 0.3 is 0 Å². The Morgan fingerprint density at radius 3 is 2.57 bits per heavy atom. The summed E-state index contributed by atoms with van der Waals surface area (Å²) in [7, 11) is 0. The van der Waals surface area contributed by atoms with Crippen molar-refractivity contribution in [2.45, 2.75) is 19.3 Å². The number of amides is 1. The van der Waals surface area contributed by atoms with Gasteiger partial charge in [0.05, 0.1) is 5.41 Å². The van der Waals surface area contributed by atoms with Gasteiger partial charge in [-0.1, -0.05) is 12.1 Å². The van der Waals surface area contributed by atoms with Gasteiger partial charge in [-0.3, -0.25) is 4.79 Å². The lowest BCUT2D eigenvalue weighted by molar-refractivity contribution is -0.130. The Bertz CT molecular complexity index is 456. The first kappa shape index (κ1) is 16.3. The zero-order valence-electron chi connectivity index (χ0n) is 12.6. The van der Waals surface area contributed by atoms with Crippen LogP contribution in [0.4, 0.5) is 5.69 Å². The van der Waals surface area contributed by atoms with E-state index in [0.717, 1.165) is 17.9 Å². The molecule has 1 aromatic carbocycles. The van der Waals surface area contributed by atoms with Gasteiger partial charge in [0, 0.05) is 25.4 Å². The van der Waals surface area contributed by atoms with Gasteiger partial charge in [0.15, 0.2) is 0 Å². The first-order valence-electron chi connectivity index (χ1n) is 7.37. The molecule has 1 aliphatic rings. The molecule has 1 saturated heterocycles. The average molecular weight is 308 g/mol. The van der Waals surface area contributed by atoms with Gasteiger partial charge in [0.25, 0.3) is 0 Å². The molecule has 0 spiro atoms. The minimum absolute atomic E-state index is 0.0187. The minimum atomic E-state index is -0.476. The zero-order valence-corrected chi connectivity index (χ0v) is 13.4. The largest absolute Gasteiger partial charge is 0.381 e. The minimum Gasteiger partial charge on any atom is -0.381 e. The maximum Gasteiger partial charge on any atom is 0.232 e. The lowest BCUT2D eigenvalue weighted by Gasteiger charge is -2.34. The van der Waals surface area contributed by atoms with E-state index in [4.69, 9.17) is 10.5 Å². The molecule has 1 fully saturated rings. The number of thioether (sulfide) groups is 1. The highest BCUT2D eigenvalue weighted by Gasteiger charge is 2.38. The van der Waals surface area contributed by atoms with Crippen molar-refractivity contribution in [2.75, 3.05) is 37.1 Å². The van der Waals surface area contributed by atoms with E-state index in [-0.39, 0.29) is 5.91 Å². The standard InChI is InChI=1S/C16H24N2O2S/c1-21-11-6-13-2-4-14(5-3-13)18-15(19)16(12-17)7-9-20-10-8-16/h2-5H,6-12,17H2,1H3,(H,18,19). The van der Waals surface area contributed by atoms with Gasteiger partial charge in [-0.25, -0.2) is 0 Å². The molecule has 21 heavy (non-hydrogen) atoms. The number of benzene rings is 1. The Hall–Kier alpha value is -1.04. The lowest BCUT2D eigenvalue weighted by atomic mass is 9.79. The van der Waals surface area contributed by atoms with Crippen LogP contribution < -0.4 is 11.1 Å². The molecule has 0 aromatic heterocycles. The summed E-state index contributed by atoms with van der Waals surface area (Å²) in [6, 6.07) is 8.09. The fraction of sp³-hybridized carbons (Fsp3) is 0.562. The third-order valence-corrected chi connectivity index (χ3v) is 4.74. The van der Waals surface area contributed by atoms with E-state index in [2.05, 4.69) is 23.7 Å². The van der Waals surface area contributed by atoms with Crippen LogP contribution in [0.3, 0.4) is 0 Å². The quantitative estimate of drug-likeness (QED) is 0.846. The summed E-state index contributed by atoms with van der Waals surface area (Å²) in [6.45, 7) is 1.59. The normalized spacial score (nSPS) is 17.4. The van der Waals surface area contributed by atoms with Crippen LogP contribution in [0.1, 0.15) is 18.4 Å². The summed E-state index contributed by atoms with van der Waals surface area (Å²) in [5.41, 5.74) is 7.51. The summed E-state index contributed by atoms with van der Waals surface area (Å²) in [5.74, 6) is 1.13. The van der Waals surface area contributed by atoms with Gasteiger partial charge in [0.2, 0.25) is 5.91 Å². The second-order valence-corrected chi connectivity index (χ2v) is 6.48. The molecule has 0 unspecified atom stereocenters. The third kappa shape index (κ3) is 4.22. The fourth-order valence-corrected chi connectivity index (χ4v) is 2.96. The Morgan fingerprint density at radius 2 is 2.00 bits per heavy atom. The number of hydrogen-bond acceptors (Lipinski definition) is 4. The van der Waals surface area contributed by atoms with Gasteiger partial charge in [-0.05, 0) is 49.0 Å². The molecule has 0 bridgehead atoms. The molecule has 0 atom stereocenters. The lowest BCUT2D eigenvalue weighted by Crippen LogP contribution is -2.46. The Morgan fingerprint density at radius 1 is 1.33 bits per heavy atom. The monoisotopic (exact) mass is 308 g/mol. The number of aryl methyl sites for hydroxylation is 1. The summed E-state index contributed by atoms with van der Waals surface area (Å²) in [4.78, 5) is 12.5. The molecule has 116 valence electrons. The van der Waals surface area contributed by atoms with Crippen LogP contribution in [0, 0.1) is 5.41 Å². The molecule has 0 aliphatic carbocycles.